The van der Waals surface area contributed by atoms with Gasteiger partial charge in [-0.05, 0) is 40.7 Å². The molecule has 1 aromatic rings. The second kappa shape index (κ2) is 7.33. The molecule has 138 valence electrons. The first-order chi connectivity index (χ1) is 11.6. The van der Waals surface area contributed by atoms with Crippen LogP contribution in [0.25, 0.3) is 0 Å². The van der Waals surface area contributed by atoms with Gasteiger partial charge in [0, 0.05) is 18.5 Å². The van der Waals surface area contributed by atoms with E-state index in [9.17, 15) is 4.79 Å². The molecule has 1 atom stereocenters. The van der Waals surface area contributed by atoms with Gasteiger partial charge in [-0.15, -0.1) is 0 Å². The van der Waals surface area contributed by atoms with Crippen LogP contribution in [0.3, 0.4) is 0 Å². The third kappa shape index (κ3) is 4.87. The highest BCUT2D eigenvalue weighted by Crippen LogP contribution is 2.39. The lowest BCUT2D eigenvalue weighted by Crippen LogP contribution is -2.46. The first kappa shape index (κ1) is 19.1. The van der Waals surface area contributed by atoms with Gasteiger partial charge in [0.1, 0.15) is 11.4 Å². The Morgan fingerprint density at radius 3 is 2.72 bits per heavy atom. The lowest BCUT2D eigenvalue weighted by molar-refractivity contribution is -0.125. The Morgan fingerprint density at radius 2 is 2.08 bits per heavy atom. The van der Waals surface area contributed by atoms with Gasteiger partial charge in [-0.3, -0.25) is 9.79 Å². The van der Waals surface area contributed by atoms with Crippen LogP contribution in [-0.4, -0.2) is 30.6 Å². The average molecular weight is 346 g/mol. The summed E-state index contributed by atoms with van der Waals surface area (Å²) >= 11 is 0. The maximum atomic E-state index is 11.5. The van der Waals surface area contributed by atoms with Crippen molar-refractivity contribution in [1.82, 2.24) is 10.6 Å². The summed E-state index contributed by atoms with van der Waals surface area (Å²) in [4.78, 5) is 16.1. The molecule has 1 aliphatic heterocycles. The molecular weight excluding hydrogens is 316 g/mol. The van der Waals surface area contributed by atoms with Crippen LogP contribution < -0.4 is 21.1 Å². The van der Waals surface area contributed by atoms with Gasteiger partial charge in [0.25, 0.3) is 0 Å². The number of carbonyl (C=O) groups excluding carboxylic acids is 1. The highest BCUT2D eigenvalue weighted by atomic mass is 16.5. The predicted molar refractivity (Wildman–Crippen MR) is 101 cm³/mol. The monoisotopic (exact) mass is 346 g/mol. The van der Waals surface area contributed by atoms with Gasteiger partial charge in [0.15, 0.2) is 5.96 Å². The molecule has 6 nitrogen and oxygen atoms in total. The summed E-state index contributed by atoms with van der Waals surface area (Å²) in [5.74, 6) is 1.21. The summed E-state index contributed by atoms with van der Waals surface area (Å²) in [5, 5.41) is 6.73. The van der Waals surface area contributed by atoms with Gasteiger partial charge in [-0.2, -0.15) is 0 Å². The molecule has 0 bridgehead atoms. The van der Waals surface area contributed by atoms with Crippen LogP contribution >= 0.6 is 0 Å². The summed E-state index contributed by atoms with van der Waals surface area (Å²) < 4.78 is 6.08. The van der Waals surface area contributed by atoms with E-state index in [1.54, 1.807) is 13.8 Å². The summed E-state index contributed by atoms with van der Waals surface area (Å²) in [6.07, 6.45) is 0.813. The number of nitrogens with one attached hydrogen (secondary N) is 2. The highest BCUT2D eigenvalue weighted by molar-refractivity contribution is 5.83. The van der Waals surface area contributed by atoms with E-state index in [0.717, 1.165) is 24.3 Å². The number of hydrogen-bond donors (Lipinski definition) is 3. The Balaban J connectivity index is 2.23. The zero-order valence-corrected chi connectivity index (χ0v) is 15.8. The fraction of sp³-hybridized carbons (Fsp3) is 0.579. The van der Waals surface area contributed by atoms with Crippen molar-refractivity contribution in [3.05, 3.63) is 29.8 Å². The minimum absolute atomic E-state index is 0.0782. The first-order valence-electron chi connectivity index (χ1n) is 8.77. The number of primary amides is 1. The Labute approximate surface area is 150 Å². The molecule has 0 radical (unpaired) electrons. The Kier molecular flexibility index (Phi) is 5.60. The Hall–Kier alpha value is -2.24. The molecule has 6 heteroatoms. The van der Waals surface area contributed by atoms with E-state index in [4.69, 9.17) is 10.5 Å². The fourth-order valence-corrected chi connectivity index (χ4v) is 2.77. The SMILES string of the molecule is CCNC(=NCC(C)(C)C(N)=O)NC1CC(C)(C)Oc2ccccc21. The number of amides is 1. The second-order valence-electron chi connectivity index (χ2n) is 7.74. The molecule has 1 aliphatic rings. The Morgan fingerprint density at radius 1 is 1.40 bits per heavy atom. The van der Waals surface area contributed by atoms with Gasteiger partial charge in [0.05, 0.1) is 18.0 Å². The van der Waals surface area contributed by atoms with Crippen molar-refractivity contribution in [2.24, 2.45) is 16.1 Å². The van der Waals surface area contributed by atoms with Crippen molar-refractivity contribution in [3.8, 4) is 5.75 Å². The largest absolute Gasteiger partial charge is 0.487 e. The van der Waals surface area contributed by atoms with Crippen molar-refractivity contribution < 1.29 is 9.53 Å². The normalized spacial score (nSPS) is 19.6. The van der Waals surface area contributed by atoms with E-state index in [1.165, 1.54) is 0 Å². The number of carbonyl (C=O) groups is 1. The highest BCUT2D eigenvalue weighted by Gasteiger charge is 2.34. The summed E-state index contributed by atoms with van der Waals surface area (Å²) in [7, 11) is 0. The van der Waals surface area contributed by atoms with Crippen LogP contribution in [0.1, 0.15) is 52.6 Å². The van der Waals surface area contributed by atoms with Crippen LogP contribution in [-0.2, 0) is 4.79 Å². The number of guanidine groups is 1. The van der Waals surface area contributed by atoms with Crippen molar-refractivity contribution in [1.29, 1.82) is 0 Å². The summed E-state index contributed by atoms with van der Waals surface area (Å²) in [5.41, 5.74) is 5.61. The van der Waals surface area contributed by atoms with E-state index in [1.807, 2.05) is 25.1 Å². The lowest BCUT2D eigenvalue weighted by atomic mass is 9.90. The number of ether oxygens (including phenoxy) is 1. The van der Waals surface area contributed by atoms with Crippen molar-refractivity contribution in [2.75, 3.05) is 13.1 Å². The molecule has 4 N–H and O–H groups in total. The lowest BCUT2D eigenvalue weighted by Gasteiger charge is -2.38. The molecule has 25 heavy (non-hydrogen) atoms. The maximum absolute atomic E-state index is 11.5. The zero-order valence-electron chi connectivity index (χ0n) is 15.8. The average Bonchev–Trinajstić information content (AvgIpc) is 2.51. The molecule has 0 fully saturated rings. The van der Waals surface area contributed by atoms with Crippen molar-refractivity contribution >= 4 is 11.9 Å². The minimum Gasteiger partial charge on any atom is -0.487 e. The molecule has 1 heterocycles. The topological polar surface area (TPSA) is 88.7 Å². The Bertz CT molecular complexity index is 653. The molecule has 1 unspecified atom stereocenters. The summed E-state index contributed by atoms with van der Waals surface area (Å²) in [6.45, 7) is 10.8. The molecule has 0 saturated heterocycles. The number of nitrogens with zero attached hydrogens (tertiary/aromatic N) is 1. The van der Waals surface area contributed by atoms with Gasteiger partial charge in [-0.25, -0.2) is 0 Å². The number of rotatable bonds is 5. The number of nitrogens with two attached hydrogens (primary N) is 1. The van der Waals surface area contributed by atoms with Gasteiger partial charge in [-0.1, -0.05) is 18.2 Å². The van der Waals surface area contributed by atoms with Gasteiger partial charge in [0.2, 0.25) is 5.91 Å². The maximum Gasteiger partial charge on any atom is 0.224 e. The quantitative estimate of drug-likeness (QED) is 0.564. The number of para-hydroxylation sites is 1. The van der Waals surface area contributed by atoms with Crippen LogP contribution in [0.2, 0.25) is 0 Å². The number of hydrogen-bond acceptors (Lipinski definition) is 3. The third-order valence-corrected chi connectivity index (χ3v) is 4.33. The van der Waals surface area contributed by atoms with Crippen LogP contribution in [0.15, 0.2) is 29.3 Å². The molecular formula is C19H30N4O2. The van der Waals surface area contributed by atoms with E-state index in [2.05, 4.69) is 35.5 Å². The number of benzene rings is 1. The van der Waals surface area contributed by atoms with Crippen LogP contribution in [0, 0.1) is 5.41 Å². The molecule has 1 amide bonds. The molecule has 0 aliphatic carbocycles. The molecule has 2 rings (SSSR count). The standard InChI is InChI=1S/C19H30N4O2/c1-6-21-17(22-12-18(2,3)16(20)24)23-14-11-19(4,5)25-15-10-8-7-9-13(14)15/h7-10,14H,6,11-12H2,1-5H3,(H2,20,24)(H2,21,22,23). The van der Waals surface area contributed by atoms with Gasteiger partial charge >= 0.3 is 0 Å². The smallest absolute Gasteiger partial charge is 0.224 e. The predicted octanol–water partition coefficient (Wildman–Crippen LogP) is 2.36. The van der Waals surface area contributed by atoms with E-state index >= 15 is 0 Å². The van der Waals surface area contributed by atoms with E-state index in [-0.39, 0.29) is 17.6 Å². The number of fused-ring (bicyclic) bond motifs is 1. The number of aliphatic imine (C=N–C) groups is 1. The zero-order chi connectivity index (χ0) is 18.7. The minimum atomic E-state index is -0.685. The fourth-order valence-electron chi connectivity index (χ4n) is 2.77. The first-order valence-corrected chi connectivity index (χ1v) is 8.77. The van der Waals surface area contributed by atoms with E-state index < -0.39 is 5.41 Å². The molecule has 0 spiro atoms. The van der Waals surface area contributed by atoms with Crippen molar-refractivity contribution in [2.45, 2.75) is 52.7 Å². The van der Waals surface area contributed by atoms with Crippen LogP contribution in [0.4, 0.5) is 0 Å². The molecule has 0 aromatic heterocycles. The van der Waals surface area contributed by atoms with Crippen LogP contribution in [0.5, 0.6) is 5.75 Å². The second-order valence-corrected chi connectivity index (χ2v) is 7.74. The third-order valence-electron chi connectivity index (χ3n) is 4.33. The van der Waals surface area contributed by atoms with Crippen molar-refractivity contribution in [3.63, 3.8) is 0 Å². The van der Waals surface area contributed by atoms with E-state index in [0.29, 0.717) is 12.5 Å². The molecule has 1 aromatic carbocycles. The van der Waals surface area contributed by atoms with Gasteiger partial charge < -0.3 is 21.1 Å². The summed E-state index contributed by atoms with van der Waals surface area (Å²) in [6, 6.07) is 8.13. The molecule has 0 saturated carbocycles.